The highest BCUT2D eigenvalue weighted by Gasteiger charge is 2.36. The monoisotopic (exact) mass is 400 g/mol. The number of aromatic nitrogens is 2. The van der Waals surface area contributed by atoms with E-state index in [0.717, 1.165) is 37.4 Å². The van der Waals surface area contributed by atoms with Crippen molar-refractivity contribution in [3.8, 4) is 17.1 Å². The first-order valence-electron chi connectivity index (χ1n) is 10.2. The molecule has 4 rings (SSSR count). The average Bonchev–Trinajstić information content (AvgIpc) is 3.34. The van der Waals surface area contributed by atoms with Crippen LogP contribution in [0.15, 0.2) is 28.8 Å². The van der Waals surface area contributed by atoms with E-state index >= 15 is 0 Å². The van der Waals surface area contributed by atoms with Crippen molar-refractivity contribution in [2.45, 2.75) is 50.8 Å². The maximum Gasteiger partial charge on any atom is 0.226 e. The van der Waals surface area contributed by atoms with E-state index in [1.165, 1.54) is 0 Å². The summed E-state index contributed by atoms with van der Waals surface area (Å²) in [7, 11) is 1.62. The first-order chi connectivity index (χ1) is 14.1. The molecule has 0 spiro atoms. The number of nitrogens with one attached hydrogen (secondary N) is 1. The molecule has 1 aromatic heterocycles. The lowest BCUT2D eigenvalue weighted by atomic mass is 10.1. The molecule has 2 aromatic rings. The number of hydrogen-bond acceptors (Lipinski definition) is 7. The highest BCUT2D eigenvalue weighted by atomic mass is 16.5. The molecule has 2 fully saturated rings. The fraction of sp³-hybridized carbons (Fsp3) is 0.571. The fourth-order valence-electron chi connectivity index (χ4n) is 4.08. The number of hydrogen-bond donors (Lipinski definition) is 1. The molecule has 8 heteroatoms. The summed E-state index contributed by atoms with van der Waals surface area (Å²) >= 11 is 0. The van der Waals surface area contributed by atoms with Crippen LogP contribution in [0.3, 0.4) is 0 Å². The van der Waals surface area contributed by atoms with Crippen molar-refractivity contribution in [3.63, 3.8) is 0 Å². The number of fused-ring (bicyclic) bond motifs is 1. The van der Waals surface area contributed by atoms with E-state index in [0.29, 0.717) is 37.0 Å². The molecule has 156 valence electrons. The molecule has 1 aromatic carbocycles. The summed E-state index contributed by atoms with van der Waals surface area (Å²) < 4.78 is 16.3. The first kappa shape index (κ1) is 19.8. The van der Waals surface area contributed by atoms with E-state index in [1.807, 2.05) is 24.3 Å². The predicted octanol–water partition coefficient (Wildman–Crippen LogP) is 2.05. The van der Waals surface area contributed by atoms with Gasteiger partial charge >= 0.3 is 0 Å². The summed E-state index contributed by atoms with van der Waals surface area (Å²) in [4.78, 5) is 19.2. The first-order valence-corrected chi connectivity index (χ1v) is 10.2. The van der Waals surface area contributed by atoms with Crippen LogP contribution in [0.25, 0.3) is 11.4 Å². The van der Waals surface area contributed by atoms with Gasteiger partial charge in [-0.15, -0.1) is 0 Å². The van der Waals surface area contributed by atoms with Gasteiger partial charge in [0, 0.05) is 43.6 Å². The second kappa shape index (κ2) is 8.92. The highest BCUT2D eigenvalue weighted by Crippen LogP contribution is 2.24. The Balaban J connectivity index is 1.21. The van der Waals surface area contributed by atoms with E-state index < -0.39 is 0 Å². The Kier molecular flexibility index (Phi) is 6.10. The van der Waals surface area contributed by atoms with Gasteiger partial charge in [0.15, 0.2) is 0 Å². The number of ether oxygens (including phenoxy) is 2. The third kappa shape index (κ3) is 4.94. The van der Waals surface area contributed by atoms with Crippen LogP contribution in [0.2, 0.25) is 0 Å². The van der Waals surface area contributed by atoms with Gasteiger partial charge < -0.3 is 19.3 Å². The van der Waals surface area contributed by atoms with Gasteiger partial charge in [-0.3, -0.25) is 9.69 Å². The van der Waals surface area contributed by atoms with Gasteiger partial charge in [-0.25, -0.2) is 0 Å². The van der Waals surface area contributed by atoms with Gasteiger partial charge in [0.05, 0.1) is 19.8 Å². The van der Waals surface area contributed by atoms with Gasteiger partial charge in [-0.05, 0) is 31.9 Å². The minimum absolute atomic E-state index is 0.0800. The smallest absolute Gasteiger partial charge is 0.226 e. The summed E-state index contributed by atoms with van der Waals surface area (Å²) in [6.07, 6.45) is 2.94. The van der Waals surface area contributed by atoms with E-state index in [-0.39, 0.29) is 18.1 Å². The van der Waals surface area contributed by atoms with Gasteiger partial charge in [0.1, 0.15) is 5.75 Å². The summed E-state index contributed by atoms with van der Waals surface area (Å²) in [6, 6.07) is 8.17. The Morgan fingerprint density at radius 1 is 1.38 bits per heavy atom. The summed E-state index contributed by atoms with van der Waals surface area (Å²) in [5.41, 5.74) is 0.841. The minimum atomic E-state index is 0.0800. The molecule has 8 nitrogen and oxygen atoms in total. The zero-order chi connectivity index (χ0) is 20.2. The normalized spacial score (nSPS) is 24.3. The van der Waals surface area contributed by atoms with E-state index in [9.17, 15) is 4.79 Å². The van der Waals surface area contributed by atoms with Crippen LogP contribution in [0.1, 0.15) is 32.1 Å². The largest absolute Gasteiger partial charge is 0.497 e. The quantitative estimate of drug-likeness (QED) is 0.761. The van der Waals surface area contributed by atoms with Crippen molar-refractivity contribution in [3.05, 3.63) is 30.2 Å². The molecular weight excluding hydrogens is 372 g/mol. The van der Waals surface area contributed by atoms with Crippen LogP contribution in [0, 0.1) is 0 Å². The molecule has 2 aliphatic heterocycles. The lowest BCUT2D eigenvalue weighted by molar-refractivity contribution is -0.121. The summed E-state index contributed by atoms with van der Waals surface area (Å²) in [5, 5.41) is 7.19. The number of benzene rings is 1. The number of amides is 1. The van der Waals surface area contributed by atoms with Gasteiger partial charge in [-0.2, -0.15) is 4.98 Å². The molecule has 29 heavy (non-hydrogen) atoms. The summed E-state index contributed by atoms with van der Waals surface area (Å²) in [5.74, 6) is 1.90. The zero-order valence-electron chi connectivity index (χ0n) is 17.0. The van der Waals surface area contributed by atoms with E-state index in [2.05, 4.69) is 27.3 Å². The third-order valence-electron chi connectivity index (χ3n) is 5.55. The van der Waals surface area contributed by atoms with Crippen molar-refractivity contribution in [1.29, 1.82) is 0 Å². The molecule has 0 radical (unpaired) electrons. The Bertz CT molecular complexity index is 840. The zero-order valence-corrected chi connectivity index (χ0v) is 17.0. The number of methoxy groups -OCH3 is 1. The lowest BCUT2D eigenvalue weighted by Crippen LogP contribution is -2.45. The van der Waals surface area contributed by atoms with Crippen LogP contribution >= 0.6 is 0 Å². The molecule has 1 N–H and O–H groups in total. The number of morpholine rings is 1. The number of carbonyl (C=O) groups is 1. The molecule has 2 aliphatic rings. The Hall–Kier alpha value is -2.45. The van der Waals surface area contributed by atoms with Crippen molar-refractivity contribution >= 4 is 5.91 Å². The van der Waals surface area contributed by atoms with Crippen molar-refractivity contribution in [2.24, 2.45) is 0 Å². The Labute approximate surface area is 170 Å². The van der Waals surface area contributed by atoms with Gasteiger partial charge in [0.25, 0.3) is 0 Å². The van der Waals surface area contributed by atoms with E-state index in [4.69, 9.17) is 14.0 Å². The second-order valence-corrected chi connectivity index (χ2v) is 7.85. The topological polar surface area (TPSA) is 89.7 Å². The maximum atomic E-state index is 12.3. The Morgan fingerprint density at radius 3 is 3.14 bits per heavy atom. The van der Waals surface area contributed by atoms with Crippen LogP contribution in [-0.4, -0.2) is 65.9 Å². The molecule has 3 heterocycles. The standard InChI is InChI=1S/C21H28N4O4/c1-14-11-25-12-16(10-17(25)13-28-14)22-19(26)7-4-8-20-23-21(24-29-20)15-5-3-6-18(9-15)27-2/h3,5-6,9,14,16-17H,4,7-8,10-13H2,1-2H3,(H,22,26)/t14-,16+,17+/m1/s1. The highest BCUT2D eigenvalue weighted by molar-refractivity contribution is 5.76. The molecule has 0 aliphatic carbocycles. The second-order valence-electron chi connectivity index (χ2n) is 7.85. The molecule has 0 saturated carbocycles. The third-order valence-corrected chi connectivity index (χ3v) is 5.55. The van der Waals surface area contributed by atoms with Crippen molar-refractivity contribution < 1.29 is 18.8 Å². The molecule has 1 amide bonds. The molecule has 0 bridgehead atoms. The van der Waals surface area contributed by atoms with Crippen LogP contribution in [0.4, 0.5) is 0 Å². The lowest BCUT2D eigenvalue weighted by Gasteiger charge is -2.33. The predicted molar refractivity (Wildman–Crippen MR) is 107 cm³/mol. The van der Waals surface area contributed by atoms with Gasteiger partial charge in [0.2, 0.25) is 17.6 Å². The van der Waals surface area contributed by atoms with E-state index in [1.54, 1.807) is 7.11 Å². The fourth-order valence-corrected chi connectivity index (χ4v) is 4.08. The molecule has 2 saturated heterocycles. The number of aryl methyl sites for hydroxylation is 1. The van der Waals surface area contributed by atoms with Crippen LogP contribution in [0.5, 0.6) is 5.75 Å². The van der Waals surface area contributed by atoms with Gasteiger partial charge in [-0.1, -0.05) is 17.3 Å². The number of rotatable bonds is 7. The molecular formula is C21H28N4O4. The molecule has 0 unspecified atom stereocenters. The summed E-state index contributed by atoms with van der Waals surface area (Å²) in [6.45, 7) is 4.72. The van der Waals surface area contributed by atoms with Crippen LogP contribution < -0.4 is 10.1 Å². The van der Waals surface area contributed by atoms with Crippen LogP contribution in [-0.2, 0) is 16.0 Å². The maximum absolute atomic E-state index is 12.3. The number of carbonyl (C=O) groups excluding carboxylic acids is 1. The SMILES string of the molecule is COc1cccc(-c2noc(CCCC(=O)N[C@H]3C[C@H]4CO[C@H](C)CN4C3)n2)c1. The van der Waals surface area contributed by atoms with Crippen molar-refractivity contribution in [2.75, 3.05) is 26.8 Å². The van der Waals surface area contributed by atoms with Crippen molar-refractivity contribution in [1.82, 2.24) is 20.4 Å². The number of nitrogens with zero attached hydrogens (tertiary/aromatic N) is 3. The Morgan fingerprint density at radius 2 is 2.28 bits per heavy atom. The average molecular weight is 400 g/mol. The minimum Gasteiger partial charge on any atom is -0.497 e. The molecule has 3 atom stereocenters.